The largest absolute Gasteiger partial charge is 0.312 e. The number of nitrogens with zero attached hydrogens (tertiary/aromatic N) is 2. The Kier molecular flexibility index (Phi) is 4.21. The Hall–Kier alpha value is -1.75. The summed E-state index contributed by atoms with van der Waals surface area (Å²) in [4.78, 5) is 4.07. The number of aromatic nitrogens is 3. The Morgan fingerprint density at radius 2 is 2.29 bits per heavy atom. The highest BCUT2D eigenvalue weighted by Crippen LogP contribution is 2.19. The fourth-order valence-electron chi connectivity index (χ4n) is 1.62. The molecule has 0 radical (unpaired) electrons. The third-order valence-electron chi connectivity index (χ3n) is 2.47. The number of hydrogen-bond acceptors (Lipinski definition) is 3. The van der Waals surface area contributed by atoms with Crippen molar-refractivity contribution in [1.82, 2.24) is 20.5 Å². The minimum absolute atomic E-state index is 0.284. The molecule has 0 amide bonds. The second-order valence-corrected chi connectivity index (χ2v) is 3.73. The maximum absolute atomic E-state index is 11.9. The first-order chi connectivity index (χ1) is 8.42. The van der Waals surface area contributed by atoms with E-state index in [-0.39, 0.29) is 6.67 Å². The van der Waals surface area contributed by atoms with Crippen molar-refractivity contribution in [3.63, 3.8) is 0 Å². The van der Waals surface area contributed by atoms with Gasteiger partial charge in [-0.3, -0.25) is 14.5 Å². The second-order valence-electron chi connectivity index (χ2n) is 3.73. The molecule has 2 N–H and O–H groups in total. The van der Waals surface area contributed by atoms with Crippen LogP contribution in [-0.2, 0) is 6.54 Å². The lowest BCUT2D eigenvalue weighted by Crippen LogP contribution is -2.15. The van der Waals surface area contributed by atoms with Gasteiger partial charge in [0.2, 0.25) is 0 Å². The van der Waals surface area contributed by atoms with E-state index in [0.29, 0.717) is 19.5 Å². The molecule has 0 spiro atoms. The van der Waals surface area contributed by atoms with Crippen LogP contribution in [0.4, 0.5) is 4.39 Å². The maximum Gasteiger partial charge on any atom is 0.0906 e. The molecule has 90 valence electrons. The first kappa shape index (κ1) is 11.7. The van der Waals surface area contributed by atoms with Crippen molar-refractivity contribution < 1.29 is 4.39 Å². The van der Waals surface area contributed by atoms with Crippen molar-refractivity contribution in [2.24, 2.45) is 0 Å². The van der Waals surface area contributed by atoms with Gasteiger partial charge in [0.15, 0.2) is 0 Å². The molecule has 2 rings (SSSR count). The molecule has 0 aliphatic carbocycles. The summed E-state index contributed by atoms with van der Waals surface area (Å²) in [5, 5.41) is 10.2. The van der Waals surface area contributed by atoms with Crippen LogP contribution in [0.5, 0.6) is 0 Å². The van der Waals surface area contributed by atoms with Gasteiger partial charge in [-0.2, -0.15) is 5.10 Å². The van der Waals surface area contributed by atoms with E-state index < -0.39 is 0 Å². The van der Waals surface area contributed by atoms with Gasteiger partial charge < -0.3 is 5.32 Å². The van der Waals surface area contributed by atoms with E-state index in [1.165, 1.54) is 0 Å². The minimum Gasteiger partial charge on any atom is -0.312 e. The average molecular weight is 234 g/mol. The van der Waals surface area contributed by atoms with Crippen molar-refractivity contribution in [2.45, 2.75) is 13.0 Å². The van der Waals surface area contributed by atoms with E-state index in [4.69, 9.17) is 0 Å². The molecule has 17 heavy (non-hydrogen) atoms. The molecule has 0 atom stereocenters. The van der Waals surface area contributed by atoms with Crippen molar-refractivity contribution in [2.75, 3.05) is 13.2 Å². The van der Waals surface area contributed by atoms with Crippen molar-refractivity contribution in [1.29, 1.82) is 0 Å². The summed E-state index contributed by atoms with van der Waals surface area (Å²) in [5.74, 6) is 0. The Morgan fingerprint density at radius 1 is 1.35 bits per heavy atom. The summed E-state index contributed by atoms with van der Waals surface area (Å²) in [6.07, 6.45) is 5.85. The van der Waals surface area contributed by atoms with Crippen molar-refractivity contribution >= 4 is 0 Å². The SMILES string of the molecule is FCCCNCc1cn[nH]c1-c1cccnc1. The summed E-state index contributed by atoms with van der Waals surface area (Å²) < 4.78 is 11.9. The first-order valence-electron chi connectivity index (χ1n) is 5.61. The molecule has 0 aromatic carbocycles. The molecule has 0 fully saturated rings. The molecule has 0 unspecified atom stereocenters. The number of nitrogens with one attached hydrogen (secondary N) is 2. The normalized spacial score (nSPS) is 10.6. The van der Waals surface area contributed by atoms with Crippen LogP contribution >= 0.6 is 0 Å². The van der Waals surface area contributed by atoms with Crippen LogP contribution in [0.15, 0.2) is 30.7 Å². The van der Waals surface area contributed by atoms with Crippen LogP contribution in [0.25, 0.3) is 11.3 Å². The van der Waals surface area contributed by atoms with Gasteiger partial charge in [0.25, 0.3) is 0 Å². The number of rotatable bonds is 6. The van der Waals surface area contributed by atoms with Crippen LogP contribution in [0.1, 0.15) is 12.0 Å². The topological polar surface area (TPSA) is 53.6 Å². The van der Waals surface area contributed by atoms with Gasteiger partial charge >= 0.3 is 0 Å². The fourth-order valence-corrected chi connectivity index (χ4v) is 1.62. The average Bonchev–Trinajstić information content (AvgIpc) is 2.84. The molecule has 0 saturated heterocycles. The smallest absolute Gasteiger partial charge is 0.0906 e. The van der Waals surface area contributed by atoms with Gasteiger partial charge in [-0.1, -0.05) is 0 Å². The number of H-pyrrole nitrogens is 1. The van der Waals surface area contributed by atoms with E-state index in [1.54, 1.807) is 18.6 Å². The highest BCUT2D eigenvalue weighted by molar-refractivity contribution is 5.61. The predicted octanol–water partition coefficient (Wildman–Crippen LogP) is 1.92. The monoisotopic (exact) mass is 234 g/mol. The fraction of sp³-hybridized carbons (Fsp3) is 0.333. The van der Waals surface area contributed by atoms with Crippen molar-refractivity contribution in [3.8, 4) is 11.3 Å². The van der Waals surface area contributed by atoms with Crippen molar-refractivity contribution in [3.05, 3.63) is 36.3 Å². The van der Waals surface area contributed by atoms with Gasteiger partial charge in [0.05, 0.1) is 18.6 Å². The number of alkyl halides is 1. The Balaban J connectivity index is 2.02. The quantitative estimate of drug-likeness (QED) is 0.751. The lowest BCUT2D eigenvalue weighted by Gasteiger charge is -2.04. The number of aromatic amines is 1. The molecular formula is C12H15FN4. The molecule has 2 heterocycles. The standard InChI is InChI=1S/C12H15FN4/c13-4-2-6-15-8-11-9-16-17-12(11)10-3-1-5-14-7-10/h1,3,5,7,9,15H,2,4,6,8H2,(H,16,17). The molecule has 2 aromatic heterocycles. The van der Waals surface area contributed by atoms with Gasteiger partial charge in [0.1, 0.15) is 0 Å². The van der Waals surface area contributed by atoms with E-state index in [0.717, 1.165) is 16.8 Å². The summed E-state index contributed by atoms with van der Waals surface area (Å²) in [6, 6.07) is 3.86. The van der Waals surface area contributed by atoms with Crippen LogP contribution in [0, 0.1) is 0 Å². The van der Waals surface area contributed by atoms with E-state index in [2.05, 4.69) is 20.5 Å². The highest BCUT2D eigenvalue weighted by atomic mass is 19.1. The molecule has 0 aliphatic rings. The molecular weight excluding hydrogens is 219 g/mol. The third-order valence-corrected chi connectivity index (χ3v) is 2.47. The van der Waals surface area contributed by atoms with Gasteiger partial charge in [-0.15, -0.1) is 0 Å². The minimum atomic E-state index is -0.284. The number of pyridine rings is 1. The molecule has 0 bridgehead atoms. The van der Waals surface area contributed by atoms with Crippen LogP contribution in [0.3, 0.4) is 0 Å². The molecule has 5 heteroatoms. The van der Waals surface area contributed by atoms with Crippen LogP contribution < -0.4 is 5.32 Å². The van der Waals surface area contributed by atoms with Gasteiger partial charge in [-0.25, -0.2) is 0 Å². The third kappa shape index (κ3) is 3.10. The lowest BCUT2D eigenvalue weighted by atomic mass is 10.1. The zero-order chi connectivity index (χ0) is 11.9. The van der Waals surface area contributed by atoms with E-state index in [1.807, 2.05) is 12.1 Å². The first-order valence-corrected chi connectivity index (χ1v) is 5.61. The highest BCUT2D eigenvalue weighted by Gasteiger charge is 2.06. The summed E-state index contributed by atoms with van der Waals surface area (Å²) in [6.45, 7) is 1.07. The molecule has 0 aliphatic heterocycles. The Bertz CT molecular complexity index is 441. The summed E-state index contributed by atoms with van der Waals surface area (Å²) in [7, 11) is 0. The van der Waals surface area contributed by atoms with Crippen LogP contribution in [0.2, 0.25) is 0 Å². The Morgan fingerprint density at radius 3 is 3.06 bits per heavy atom. The lowest BCUT2D eigenvalue weighted by molar-refractivity contribution is 0.459. The molecule has 0 saturated carbocycles. The number of hydrogen-bond donors (Lipinski definition) is 2. The number of halogens is 1. The van der Waals surface area contributed by atoms with Gasteiger partial charge in [0, 0.05) is 30.1 Å². The van der Waals surface area contributed by atoms with E-state index in [9.17, 15) is 4.39 Å². The van der Waals surface area contributed by atoms with Crippen LogP contribution in [-0.4, -0.2) is 28.4 Å². The van der Waals surface area contributed by atoms with E-state index >= 15 is 0 Å². The Labute approximate surface area is 99.3 Å². The maximum atomic E-state index is 11.9. The predicted molar refractivity (Wildman–Crippen MR) is 64.1 cm³/mol. The summed E-state index contributed by atoms with van der Waals surface area (Å²) in [5.41, 5.74) is 3.04. The molecule has 4 nitrogen and oxygen atoms in total. The molecule has 2 aromatic rings. The zero-order valence-corrected chi connectivity index (χ0v) is 9.49. The van der Waals surface area contributed by atoms with Gasteiger partial charge in [-0.05, 0) is 25.1 Å². The second kappa shape index (κ2) is 6.10. The summed E-state index contributed by atoms with van der Waals surface area (Å²) >= 11 is 0. The zero-order valence-electron chi connectivity index (χ0n) is 9.49.